The van der Waals surface area contributed by atoms with E-state index in [0.717, 1.165) is 11.1 Å². The Labute approximate surface area is 184 Å². The Morgan fingerprint density at radius 2 is 1.74 bits per heavy atom. The lowest BCUT2D eigenvalue weighted by Gasteiger charge is -2.12. The van der Waals surface area contributed by atoms with Crippen molar-refractivity contribution in [3.05, 3.63) is 93.9 Å². The molecule has 0 aliphatic rings. The average molecular weight is 431 g/mol. The molecule has 7 heteroatoms. The molecular formula is C24H22N4O2S. The molecular weight excluding hydrogens is 408 g/mol. The second-order valence-corrected chi connectivity index (χ2v) is 8.24. The van der Waals surface area contributed by atoms with E-state index in [1.165, 1.54) is 21.9 Å². The molecule has 2 aromatic heterocycles. The van der Waals surface area contributed by atoms with Gasteiger partial charge in [-0.25, -0.2) is 14.5 Å². The van der Waals surface area contributed by atoms with Crippen molar-refractivity contribution in [1.29, 1.82) is 0 Å². The normalized spacial score (nSPS) is 10.9. The standard InChI is InChI=1S/C24H22N4O2S/c1-16-7-10-18(11-8-16)14-26-22(29)15-31-24-27-20-6-4-3-5-19(20)23(30)28(24)21-12-9-17(2)13-25-21/h3-13H,14-15H2,1-2H3,(H,26,29). The second kappa shape index (κ2) is 9.14. The number of carbonyl (C=O) groups excluding carboxylic acids is 1. The lowest BCUT2D eigenvalue weighted by atomic mass is 10.1. The molecule has 0 atom stereocenters. The van der Waals surface area contributed by atoms with Gasteiger partial charge in [-0.3, -0.25) is 9.59 Å². The Bertz CT molecular complexity index is 1280. The number of para-hydroxylation sites is 1. The van der Waals surface area contributed by atoms with Crippen LogP contribution in [0.4, 0.5) is 0 Å². The Balaban J connectivity index is 1.58. The predicted octanol–water partition coefficient (Wildman–Crippen LogP) is 3.81. The van der Waals surface area contributed by atoms with Crippen LogP contribution in [0, 0.1) is 13.8 Å². The molecule has 156 valence electrons. The fourth-order valence-electron chi connectivity index (χ4n) is 3.09. The zero-order valence-electron chi connectivity index (χ0n) is 17.3. The van der Waals surface area contributed by atoms with E-state index in [2.05, 4.69) is 15.3 Å². The molecule has 4 aromatic rings. The number of hydrogen-bond donors (Lipinski definition) is 1. The molecule has 0 spiro atoms. The fourth-order valence-corrected chi connectivity index (χ4v) is 3.92. The van der Waals surface area contributed by atoms with Crippen LogP contribution < -0.4 is 10.9 Å². The van der Waals surface area contributed by atoms with E-state index in [1.54, 1.807) is 24.4 Å². The molecule has 0 saturated carbocycles. The Kier molecular flexibility index (Phi) is 6.13. The smallest absolute Gasteiger partial charge is 0.267 e. The highest BCUT2D eigenvalue weighted by Crippen LogP contribution is 2.20. The third kappa shape index (κ3) is 4.83. The summed E-state index contributed by atoms with van der Waals surface area (Å²) in [4.78, 5) is 34.7. The van der Waals surface area contributed by atoms with Crippen molar-refractivity contribution in [2.24, 2.45) is 0 Å². The summed E-state index contributed by atoms with van der Waals surface area (Å²) >= 11 is 1.22. The first-order chi connectivity index (χ1) is 15.0. The predicted molar refractivity (Wildman–Crippen MR) is 124 cm³/mol. The lowest BCUT2D eigenvalue weighted by Crippen LogP contribution is -2.26. The molecule has 2 aromatic carbocycles. The van der Waals surface area contributed by atoms with Crippen molar-refractivity contribution < 1.29 is 4.79 Å². The summed E-state index contributed by atoms with van der Waals surface area (Å²) in [6.07, 6.45) is 1.71. The Morgan fingerprint density at radius 3 is 2.48 bits per heavy atom. The number of hydrogen-bond acceptors (Lipinski definition) is 5. The van der Waals surface area contributed by atoms with Gasteiger partial charge in [0, 0.05) is 12.7 Å². The minimum Gasteiger partial charge on any atom is -0.351 e. The van der Waals surface area contributed by atoms with E-state index in [0.29, 0.717) is 28.4 Å². The van der Waals surface area contributed by atoms with Gasteiger partial charge in [0.1, 0.15) is 5.82 Å². The van der Waals surface area contributed by atoms with Crippen molar-refractivity contribution in [3.8, 4) is 5.82 Å². The molecule has 0 radical (unpaired) electrons. The molecule has 31 heavy (non-hydrogen) atoms. The van der Waals surface area contributed by atoms with Crippen LogP contribution in [0.25, 0.3) is 16.7 Å². The number of carbonyl (C=O) groups is 1. The topological polar surface area (TPSA) is 76.9 Å². The third-order valence-corrected chi connectivity index (χ3v) is 5.75. The van der Waals surface area contributed by atoms with Crippen LogP contribution >= 0.6 is 11.8 Å². The maximum atomic E-state index is 13.2. The summed E-state index contributed by atoms with van der Waals surface area (Å²) in [6.45, 7) is 4.42. The van der Waals surface area contributed by atoms with Crippen molar-refractivity contribution in [1.82, 2.24) is 19.9 Å². The van der Waals surface area contributed by atoms with E-state index in [-0.39, 0.29) is 17.2 Å². The number of nitrogens with zero attached hydrogens (tertiary/aromatic N) is 3. The fraction of sp³-hybridized carbons (Fsp3) is 0.167. The summed E-state index contributed by atoms with van der Waals surface area (Å²) in [7, 11) is 0. The first-order valence-corrected chi connectivity index (χ1v) is 10.9. The molecule has 0 saturated heterocycles. The third-order valence-electron chi connectivity index (χ3n) is 4.81. The van der Waals surface area contributed by atoms with Crippen LogP contribution in [-0.2, 0) is 11.3 Å². The van der Waals surface area contributed by atoms with Crippen LogP contribution in [0.3, 0.4) is 0 Å². The van der Waals surface area contributed by atoms with Gasteiger partial charge in [0.25, 0.3) is 5.56 Å². The summed E-state index contributed by atoms with van der Waals surface area (Å²) in [5, 5.41) is 3.86. The summed E-state index contributed by atoms with van der Waals surface area (Å²) in [5.41, 5.74) is 3.60. The molecule has 0 aliphatic carbocycles. The van der Waals surface area contributed by atoms with Gasteiger partial charge in [-0.05, 0) is 43.2 Å². The maximum absolute atomic E-state index is 13.2. The van der Waals surface area contributed by atoms with Gasteiger partial charge in [0.2, 0.25) is 5.91 Å². The first kappa shape index (κ1) is 20.8. The van der Waals surface area contributed by atoms with Crippen LogP contribution in [0.1, 0.15) is 16.7 Å². The highest BCUT2D eigenvalue weighted by Gasteiger charge is 2.15. The molecule has 0 fully saturated rings. The number of pyridine rings is 1. The SMILES string of the molecule is Cc1ccc(CNC(=O)CSc2nc3ccccc3c(=O)n2-c2ccc(C)cn2)cc1. The highest BCUT2D eigenvalue weighted by atomic mass is 32.2. The lowest BCUT2D eigenvalue weighted by molar-refractivity contribution is -0.118. The van der Waals surface area contributed by atoms with Gasteiger partial charge < -0.3 is 5.32 Å². The van der Waals surface area contributed by atoms with E-state index in [4.69, 9.17) is 0 Å². The monoisotopic (exact) mass is 430 g/mol. The van der Waals surface area contributed by atoms with Crippen molar-refractivity contribution in [2.45, 2.75) is 25.5 Å². The van der Waals surface area contributed by atoms with Gasteiger partial charge in [0.05, 0.1) is 16.7 Å². The molecule has 4 rings (SSSR count). The van der Waals surface area contributed by atoms with Crippen LogP contribution in [-0.4, -0.2) is 26.2 Å². The Hall–Kier alpha value is -3.45. The van der Waals surface area contributed by atoms with E-state index in [9.17, 15) is 9.59 Å². The molecule has 1 amide bonds. The zero-order valence-corrected chi connectivity index (χ0v) is 18.1. The number of fused-ring (bicyclic) bond motifs is 1. The van der Waals surface area contributed by atoms with E-state index in [1.807, 2.05) is 56.3 Å². The van der Waals surface area contributed by atoms with Gasteiger partial charge in [-0.1, -0.05) is 59.8 Å². The van der Waals surface area contributed by atoms with E-state index >= 15 is 0 Å². The summed E-state index contributed by atoms with van der Waals surface area (Å²) in [6, 6.07) is 18.9. The van der Waals surface area contributed by atoms with Gasteiger partial charge in [0.15, 0.2) is 5.16 Å². The number of thioether (sulfide) groups is 1. The number of amides is 1. The number of aryl methyl sites for hydroxylation is 2. The number of benzene rings is 2. The van der Waals surface area contributed by atoms with E-state index < -0.39 is 0 Å². The minimum atomic E-state index is -0.204. The quantitative estimate of drug-likeness (QED) is 0.372. The molecule has 2 heterocycles. The molecule has 0 unspecified atom stereocenters. The maximum Gasteiger partial charge on any atom is 0.267 e. The first-order valence-electron chi connectivity index (χ1n) is 9.91. The zero-order chi connectivity index (χ0) is 21.8. The number of rotatable bonds is 6. The molecule has 1 N–H and O–H groups in total. The second-order valence-electron chi connectivity index (χ2n) is 7.30. The molecule has 6 nitrogen and oxygen atoms in total. The van der Waals surface area contributed by atoms with Gasteiger partial charge in [-0.2, -0.15) is 0 Å². The summed E-state index contributed by atoms with van der Waals surface area (Å²) in [5.74, 6) is 0.496. The number of aromatic nitrogens is 3. The van der Waals surface area contributed by atoms with Gasteiger partial charge >= 0.3 is 0 Å². The largest absolute Gasteiger partial charge is 0.351 e. The minimum absolute atomic E-state index is 0.128. The van der Waals surface area contributed by atoms with Crippen LogP contribution in [0.2, 0.25) is 0 Å². The van der Waals surface area contributed by atoms with Crippen LogP contribution in [0.15, 0.2) is 76.8 Å². The van der Waals surface area contributed by atoms with Crippen molar-refractivity contribution in [2.75, 3.05) is 5.75 Å². The Morgan fingerprint density at radius 1 is 1.00 bits per heavy atom. The van der Waals surface area contributed by atoms with Crippen LogP contribution in [0.5, 0.6) is 0 Å². The van der Waals surface area contributed by atoms with Crippen molar-refractivity contribution >= 4 is 28.6 Å². The van der Waals surface area contributed by atoms with Gasteiger partial charge in [-0.15, -0.1) is 0 Å². The number of nitrogens with one attached hydrogen (secondary N) is 1. The average Bonchev–Trinajstić information content (AvgIpc) is 2.78. The summed E-state index contributed by atoms with van der Waals surface area (Å²) < 4.78 is 1.47. The molecule has 0 bridgehead atoms. The molecule has 0 aliphatic heterocycles. The van der Waals surface area contributed by atoms with Crippen molar-refractivity contribution in [3.63, 3.8) is 0 Å². The highest BCUT2D eigenvalue weighted by molar-refractivity contribution is 7.99.